The number of hydrogen-bond acceptors (Lipinski definition) is 5. The van der Waals surface area contributed by atoms with Gasteiger partial charge in [-0.1, -0.05) is 175 Å². The van der Waals surface area contributed by atoms with E-state index in [9.17, 15) is 19.4 Å². The lowest BCUT2D eigenvalue weighted by molar-refractivity contribution is -0.870. The van der Waals surface area contributed by atoms with Gasteiger partial charge in [-0.15, -0.1) is 0 Å². The Morgan fingerprint density at radius 3 is 1.55 bits per heavy atom. The molecule has 0 aliphatic heterocycles. The second kappa shape index (κ2) is 39.9. The van der Waals surface area contributed by atoms with Crippen molar-refractivity contribution in [2.24, 2.45) is 0 Å². The van der Waals surface area contributed by atoms with E-state index in [1.807, 2.05) is 33.3 Å². The minimum Gasteiger partial charge on any atom is -0.387 e. The zero-order valence-corrected chi connectivity index (χ0v) is 38.4. The van der Waals surface area contributed by atoms with Gasteiger partial charge in [-0.05, 0) is 70.6 Å². The monoisotopic (exact) mass is 830 g/mol. The first-order chi connectivity index (χ1) is 28.0. The van der Waals surface area contributed by atoms with Crippen molar-refractivity contribution in [3.63, 3.8) is 0 Å². The number of phosphoric acid groups is 1. The summed E-state index contributed by atoms with van der Waals surface area (Å²) in [5, 5.41) is 13.7. The van der Waals surface area contributed by atoms with Crippen LogP contribution in [0.5, 0.6) is 0 Å². The Kier molecular flexibility index (Phi) is 38.1. The number of aliphatic hydroxyl groups is 1. The molecule has 0 heterocycles. The number of amides is 1. The van der Waals surface area contributed by atoms with Crippen LogP contribution in [0.3, 0.4) is 0 Å². The Morgan fingerprint density at radius 2 is 1.05 bits per heavy atom. The van der Waals surface area contributed by atoms with Crippen LogP contribution >= 0.6 is 7.82 Å². The number of carbonyl (C=O) groups excluding carboxylic acids is 1. The van der Waals surface area contributed by atoms with Gasteiger partial charge in [0.05, 0.1) is 39.9 Å². The molecule has 0 spiro atoms. The molecule has 8 nitrogen and oxygen atoms in total. The lowest BCUT2D eigenvalue weighted by Crippen LogP contribution is -2.45. The summed E-state index contributed by atoms with van der Waals surface area (Å²) >= 11 is 0. The zero-order valence-electron chi connectivity index (χ0n) is 37.5. The number of unbranched alkanes of at least 4 members (excludes halogenated alkanes) is 13. The summed E-state index contributed by atoms with van der Waals surface area (Å²) in [6.07, 6.45) is 56.6. The van der Waals surface area contributed by atoms with Crippen molar-refractivity contribution in [3.05, 3.63) is 97.2 Å². The summed E-state index contributed by atoms with van der Waals surface area (Å²) in [4.78, 5) is 23.0. The van der Waals surface area contributed by atoms with Gasteiger partial charge in [0.2, 0.25) is 5.91 Å². The normalized spacial score (nSPS) is 15.2. The van der Waals surface area contributed by atoms with E-state index >= 15 is 0 Å². The highest BCUT2D eigenvalue weighted by molar-refractivity contribution is 7.47. The van der Waals surface area contributed by atoms with E-state index in [-0.39, 0.29) is 25.5 Å². The third-order valence-electron chi connectivity index (χ3n) is 9.29. The molecule has 332 valence electrons. The molecule has 0 aliphatic rings. The van der Waals surface area contributed by atoms with Crippen molar-refractivity contribution in [1.82, 2.24) is 5.32 Å². The smallest absolute Gasteiger partial charge is 0.387 e. The van der Waals surface area contributed by atoms with Crippen LogP contribution < -0.4 is 5.32 Å². The maximum Gasteiger partial charge on any atom is 0.472 e. The molecule has 0 aromatic heterocycles. The van der Waals surface area contributed by atoms with Crippen LogP contribution in [-0.4, -0.2) is 73.4 Å². The van der Waals surface area contributed by atoms with E-state index in [0.717, 1.165) is 51.4 Å². The first-order valence-electron chi connectivity index (χ1n) is 22.6. The van der Waals surface area contributed by atoms with Gasteiger partial charge >= 0.3 is 7.82 Å². The molecule has 3 unspecified atom stereocenters. The number of hydrogen-bond donors (Lipinski definition) is 3. The number of allylic oxidation sites excluding steroid dienone is 14. The summed E-state index contributed by atoms with van der Waals surface area (Å²) in [6, 6.07) is -0.929. The van der Waals surface area contributed by atoms with Crippen LogP contribution in [0.25, 0.3) is 0 Å². The molecule has 0 rings (SSSR count). The maximum absolute atomic E-state index is 12.8. The number of likely N-dealkylation sites (N-methyl/N-ethyl adjacent to an activating group) is 1. The first-order valence-corrected chi connectivity index (χ1v) is 24.1. The molecule has 0 aromatic rings. The quantitative estimate of drug-likeness (QED) is 0.0247. The van der Waals surface area contributed by atoms with Gasteiger partial charge in [-0.25, -0.2) is 4.57 Å². The Hall–Kier alpha value is -2.58. The van der Waals surface area contributed by atoms with Crippen molar-refractivity contribution in [2.45, 2.75) is 167 Å². The van der Waals surface area contributed by atoms with Gasteiger partial charge in [-0.3, -0.25) is 13.8 Å². The Morgan fingerprint density at radius 1 is 0.603 bits per heavy atom. The fourth-order valence-corrected chi connectivity index (χ4v) is 6.46. The second-order valence-corrected chi connectivity index (χ2v) is 17.5. The summed E-state index contributed by atoms with van der Waals surface area (Å²) in [6.45, 7) is 4.57. The minimum atomic E-state index is -4.38. The third-order valence-corrected chi connectivity index (χ3v) is 10.3. The molecule has 1 amide bonds. The second-order valence-electron chi connectivity index (χ2n) is 16.0. The van der Waals surface area contributed by atoms with E-state index in [4.69, 9.17) is 9.05 Å². The largest absolute Gasteiger partial charge is 0.472 e. The molecule has 3 N–H and O–H groups in total. The van der Waals surface area contributed by atoms with Gasteiger partial charge in [0.25, 0.3) is 0 Å². The molecule has 0 saturated heterocycles. The summed E-state index contributed by atoms with van der Waals surface area (Å²) in [7, 11) is 1.47. The van der Waals surface area contributed by atoms with Crippen LogP contribution in [-0.2, 0) is 18.4 Å². The van der Waals surface area contributed by atoms with Crippen molar-refractivity contribution >= 4 is 13.7 Å². The number of rotatable bonds is 39. The fourth-order valence-electron chi connectivity index (χ4n) is 5.73. The Balaban J connectivity index is 4.62. The molecular weight excluding hydrogens is 744 g/mol. The highest BCUT2D eigenvalue weighted by atomic mass is 31.2. The lowest BCUT2D eigenvalue weighted by Gasteiger charge is -2.25. The number of phosphoric ester groups is 1. The van der Waals surface area contributed by atoms with Gasteiger partial charge in [-0.2, -0.15) is 0 Å². The van der Waals surface area contributed by atoms with Crippen LogP contribution in [0, 0.1) is 0 Å². The number of carbonyl (C=O) groups is 1. The average Bonchev–Trinajstić information content (AvgIpc) is 3.17. The standard InChI is InChI=1S/C49H85N2O6P/c1-6-8-10-12-14-16-18-20-22-23-24-25-26-27-29-30-32-34-36-38-40-42-48(52)47(46-57-58(54,55)56-45-44-51(3,4)5)50-49(53)43-41-39-37-35-33-31-28-21-19-17-15-13-11-9-7-2/h9,11,15,17,21,26-28,32-35,39-42,47-48,52H,6-8,10,12-14,16,18-20,22-25,29-31,36-38,43-46H2,1-5H3,(H-,50,53,54,55)/p+1/b11-9-,17-15-,27-26+,28-21-,34-32+,35-33-,41-39-,42-40+. The third kappa shape index (κ3) is 41.6. The zero-order chi connectivity index (χ0) is 42.8. The van der Waals surface area contributed by atoms with Crippen molar-refractivity contribution in [1.29, 1.82) is 0 Å². The minimum absolute atomic E-state index is 0.0318. The highest BCUT2D eigenvalue weighted by Crippen LogP contribution is 2.43. The molecule has 0 radical (unpaired) electrons. The number of aliphatic hydroxyl groups excluding tert-OH is 1. The molecule has 3 atom stereocenters. The van der Waals surface area contributed by atoms with E-state index in [1.165, 1.54) is 77.0 Å². The van der Waals surface area contributed by atoms with Crippen LogP contribution in [0.4, 0.5) is 0 Å². The molecular formula is C49H86N2O6P+. The lowest BCUT2D eigenvalue weighted by atomic mass is 10.1. The molecule has 0 fully saturated rings. The van der Waals surface area contributed by atoms with Crippen LogP contribution in [0.1, 0.15) is 155 Å². The Labute approximate surface area is 356 Å². The van der Waals surface area contributed by atoms with E-state index in [0.29, 0.717) is 17.4 Å². The predicted molar refractivity (Wildman–Crippen MR) is 249 cm³/mol. The van der Waals surface area contributed by atoms with Crippen molar-refractivity contribution in [2.75, 3.05) is 40.9 Å². The van der Waals surface area contributed by atoms with Gasteiger partial charge < -0.3 is 19.8 Å². The van der Waals surface area contributed by atoms with Gasteiger partial charge in [0.15, 0.2) is 0 Å². The van der Waals surface area contributed by atoms with E-state index < -0.39 is 20.0 Å². The highest BCUT2D eigenvalue weighted by Gasteiger charge is 2.27. The molecule has 0 bridgehead atoms. The number of nitrogens with one attached hydrogen (secondary N) is 1. The molecule has 0 saturated carbocycles. The van der Waals surface area contributed by atoms with E-state index in [1.54, 1.807) is 12.2 Å². The summed E-state index contributed by atoms with van der Waals surface area (Å²) in [5.74, 6) is -0.322. The maximum atomic E-state index is 12.8. The van der Waals surface area contributed by atoms with Gasteiger partial charge in [0.1, 0.15) is 13.2 Å². The summed E-state index contributed by atoms with van der Waals surface area (Å²) in [5.41, 5.74) is 0. The number of quaternary nitrogens is 1. The SMILES string of the molecule is CC/C=C\C/C=C\C/C=C\C/C=C\C/C=C\CC(=O)NC(COP(=O)(O)OCC[N+](C)(C)C)C(O)/C=C/CC/C=C/CC/C=C/CCCCCCCCCCCCC. The topological polar surface area (TPSA) is 105 Å². The number of nitrogens with zero attached hydrogens (tertiary/aromatic N) is 1. The Bertz CT molecular complexity index is 1260. The first kappa shape index (κ1) is 55.4. The van der Waals surface area contributed by atoms with Crippen LogP contribution in [0.15, 0.2) is 97.2 Å². The average molecular weight is 830 g/mol. The molecule has 58 heavy (non-hydrogen) atoms. The van der Waals surface area contributed by atoms with Crippen molar-refractivity contribution < 1.29 is 32.9 Å². The molecule has 0 aliphatic carbocycles. The van der Waals surface area contributed by atoms with Gasteiger partial charge in [0, 0.05) is 6.42 Å². The van der Waals surface area contributed by atoms with Crippen molar-refractivity contribution in [3.8, 4) is 0 Å². The summed E-state index contributed by atoms with van der Waals surface area (Å²) < 4.78 is 23.5. The predicted octanol–water partition coefficient (Wildman–Crippen LogP) is 12.7. The fraction of sp³-hybridized carbons (Fsp3) is 0.653. The van der Waals surface area contributed by atoms with E-state index in [2.05, 4.69) is 92.1 Å². The molecule has 0 aromatic carbocycles. The molecule has 9 heteroatoms. The van der Waals surface area contributed by atoms with Crippen LogP contribution in [0.2, 0.25) is 0 Å².